The third-order valence-electron chi connectivity index (χ3n) is 5.09. The highest BCUT2D eigenvalue weighted by atomic mass is 31.2. The molecule has 0 spiro atoms. The number of aromatic nitrogens is 1. The molecule has 0 radical (unpaired) electrons. The van der Waals surface area contributed by atoms with Crippen LogP contribution in [0, 0.1) is 5.95 Å². The fourth-order valence-corrected chi connectivity index (χ4v) is 8.13. The number of nitrogens with zero attached hydrogens (tertiary/aromatic N) is 1. The highest BCUT2D eigenvalue weighted by Crippen LogP contribution is 2.72. The molecule has 1 amide bonds. The summed E-state index contributed by atoms with van der Waals surface area (Å²) < 4.78 is 43.0. The molecular formula is C16H29FN2O8P2Si. The number of halogens is 1. The molecule has 1 rings (SSSR count). The maximum absolute atomic E-state index is 12.8. The van der Waals surface area contributed by atoms with E-state index in [0.717, 1.165) is 12.3 Å². The average Bonchev–Trinajstić information content (AvgIpc) is 2.54. The van der Waals surface area contributed by atoms with Crippen LogP contribution in [0.25, 0.3) is 0 Å². The van der Waals surface area contributed by atoms with Crippen LogP contribution in [-0.2, 0) is 13.6 Å². The predicted octanol–water partition coefficient (Wildman–Crippen LogP) is 2.76. The summed E-state index contributed by atoms with van der Waals surface area (Å²) in [5, 5.41) is -1.15. The van der Waals surface area contributed by atoms with Crippen LogP contribution in [0.4, 0.5) is 4.39 Å². The predicted molar refractivity (Wildman–Crippen MR) is 111 cm³/mol. The molecule has 0 saturated heterocycles. The molecule has 0 bridgehead atoms. The van der Waals surface area contributed by atoms with Gasteiger partial charge in [0, 0.05) is 19.2 Å². The van der Waals surface area contributed by atoms with Crippen molar-refractivity contribution in [1.82, 2.24) is 10.3 Å². The topological polar surface area (TPSA) is 166 Å². The molecular weight excluding hydrogens is 457 g/mol. The van der Waals surface area contributed by atoms with Crippen LogP contribution in [0.3, 0.4) is 0 Å². The van der Waals surface area contributed by atoms with Gasteiger partial charge in [0.2, 0.25) is 5.95 Å². The molecule has 0 aliphatic carbocycles. The minimum Gasteiger partial charge on any atom is -0.392 e. The Morgan fingerprint density at radius 1 is 1.17 bits per heavy atom. The number of hydrogen-bond donors (Lipinski definition) is 5. The normalized spacial score (nSPS) is 13.9. The Morgan fingerprint density at radius 3 is 2.10 bits per heavy atom. The summed E-state index contributed by atoms with van der Waals surface area (Å²) in [5.41, 5.74) is 0.0603. The first-order chi connectivity index (χ1) is 13.3. The molecule has 0 saturated carbocycles. The van der Waals surface area contributed by atoms with Crippen molar-refractivity contribution in [3.63, 3.8) is 0 Å². The van der Waals surface area contributed by atoms with Crippen LogP contribution in [0.1, 0.15) is 44.0 Å². The molecule has 10 nitrogen and oxygen atoms in total. The highest BCUT2D eigenvalue weighted by molar-refractivity contribution is 7.72. The van der Waals surface area contributed by atoms with Crippen molar-refractivity contribution in [2.24, 2.45) is 0 Å². The maximum Gasteiger partial charge on any atom is 0.368 e. The lowest BCUT2D eigenvalue weighted by Gasteiger charge is -2.45. The summed E-state index contributed by atoms with van der Waals surface area (Å²) in [5.74, 6) is -1.38. The molecule has 0 aliphatic rings. The molecule has 0 aliphatic heterocycles. The third-order valence-corrected chi connectivity index (χ3v) is 13.9. The van der Waals surface area contributed by atoms with Crippen molar-refractivity contribution >= 4 is 29.4 Å². The van der Waals surface area contributed by atoms with E-state index in [0.29, 0.717) is 0 Å². The first-order valence-corrected chi connectivity index (χ1v) is 15.2. The van der Waals surface area contributed by atoms with Crippen LogP contribution in [-0.4, -0.2) is 50.4 Å². The van der Waals surface area contributed by atoms with E-state index in [2.05, 4.69) is 10.3 Å². The van der Waals surface area contributed by atoms with E-state index in [1.165, 1.54) is 6.07 Å². The Balaban J connectivity index is 3.04. The number of carbonyl (C=O) groups is 1. The highest BCUT2D eigenvalue weighted by Gasteiger charge is 2.64. The van der Waals surface area contributed by atoms with Crippen molar-refractivity contribution in [3.05, 3.63) is 29.8 Å². The molecule has 172 valence electrons. The fourth-order valence-electron chi connectivity index (χ4n) is 2.33. The Hall–Kier alpha value is -0.973. The van der Waals surface area contributed by atoms with Gasteiger partial charge >= 0.3 is 15.2 Å². The zero-order chi connectivity index (χ0) is 23.6. The van der Waals surface area contributed by atoms with Crippen molar-refractivity contribution in [2.45, 2.75) is 56.8 Å². The summed E-state index contributed by atoms with van der Waals surface area (Å²) in [6.45, 7) is 8.38. The van der Waals surface area contributed by atoms with E-state index in [9.17, 15) is 37.9 Å². The average molecular weight is 486 g/mol. The number of carbonyl (C=O) groups excluding carboxylic acids is 1. The van der Waals surface area contributed by atoms with E-state index in [1.807, 2.05) is 0 Å². The number of nitrogens with one attached hydrogen (secondary N) is 1. The van der Waals surface area contributed by atoms with Crippen LogP contribution < -0.4 is 5.32 Å². The van der Waals surface area contributed by atoms with Gasteiger partial charge in [-0.2, -0.15) is 4.39 Å². The van der Waals surface area contributed by atoms with Gasteiger partial charge in [-0.1, -0.05) is 20.8 Å². The van der Waals surface area contributed by atoms with E-state index in [4.69, 9.17) is 4.43 Å². The van der Waals surface area contributed by atoms with Gasteiger partial charge in [0.15, 0.2) is 8.32 Å². The lowest BCUT2D eigenvalue weighted by atomic mass is 10.2. The second-order valence-corrected chi connectivity index (χ2v) is 17.1. The van der Waals surface area contributed by atoms with Crippen LogP contribution in [0.2, 0.25) is 18.1 Å². The summed E-state index contributed by atoms with van der Waals surface area (Å²) >= 11 is 0. The summed E-state index contributed by atoms with van der Waals surface area (Å²) in [7, 11) is -13.9. The van der Waals surface area contributed by atoms with Gasteiger partial charge in [0.05, 0.1) is 5.56 Å². The van der Waals surface area contributed by atoms with Crippen LogP contribution in [0.5, 0.6) is 0 Å². The quantitative estimate of drug-likeness (QED) is 0.153. The largest absolute Gasteiger partial charge is 0.392 e. The molecule has 1 aromatic rings. The van der Waals surface area contributed by atoms with Crippen LogP contribution in [0.15, 0.2) is 18.3 Å². The molecule has 5 N–H and O–H groups in total. The minimum absolute atomic E-state index is 0.0603. The van der Waals surface area contributed by atoms with Gasteiger partial charge in [0.25, 0.3) is 11.0 Å². The Labute approximate surface area is 175 Å². The van der Waals surface area contributed by atoms with Crippen molar-refractivity contribution in [2.75, 3.05) is 6.54 Å². The van der Waals surface area contributed by atoms with Crippen molar-refractivity contribution in [3.8, 4) is 0 Å². The molecule has 0 aromatic carbocycles. The SMILES string of the molecule is CC(C)(C)[Si](C)(C)OC(CCCNC(=O)c1ccc(F)nc1)(P(=O)(O)O)P(=O)(O)O. The van der Waals surface area contributed by atoms with E-state index >= 15 is 0 Å². The Bertz CT molecular complexity index is 826. The number of pyridine rings is 1. The number of amides is 1. The monoisotopic (exact) mass is 486 g/mol. The van der Waals surface area contributed by atoms with Gasteiger partial charge in [-0.15, -0.1) is 0 Å². The number of rotatable bonds is 9. The summed E-state index contributed by atoms with van der Waals surface area (Å²) in [6, 6.07) is 2.20. The summed E-state index contributed by atoms with van der Waals surface area (Å²) in [4.78, 5) is 54.9. The van der Waals surface area contributed by atoms with E-state index < -0.39 is 51.9 Å². The molecule has 0 atom stereocenters. The second kappa shape index (κ2) is 9.26. The molecule has 1 heterocycles. The third kappa shape index (κ3) is 6.27. The minimum atomic E-state index is -5.44. The first kappa shape index (κ1) is 27.1. The lowest BCUT2D eigenvalue weighted by Crippen LogP contribution is -2.49. The lowest BCUT2D eigenvalue weighted by molar-refractivity contribution is 0.0948. The van der Waals surface area contributed by atoms with Crippen LogP contribution >= 0.6 is 15.2 Å². The second-order valence-electron chi connectivity index (χ2n) is 8.42. The van der Waals surface area contributed by atoms with Crippen molar-refractivity contribution < 1.29 is 42.3 Å². The standard InChI is InChI=1S/C16H29FN2O8P2Si/c1-15(2,3)30(4,5)27-16(28(21,22)23,29(24,25)26)9-6-10-18-14(20)12-7-8-13(17)19-11-12/h7-8,11H,6,9-10H2,1-5H3,(H,18,20)(H2,21,22,23)(H2,24,25,26). The fraction of sp³-hybridized carbons (Fsp3) is 0.625. The van der Waals surface area contributed by atoms with Gasteiger partial charge in [-0.25, -0.2) is 4.98 Å². The molecule has 1 aromatic heterocycles. The maximum atomic E-state index is 12.8. The molecule has 30 heavy (non-hydrogen) atoms. The Kier molecular flexibility index (Phi) is 8.35. The smallest absolute Gasteiger partial charge is 0.368 e. The van der Waals surface area contributed by atoms with Gasteiger partial charge < -0.3 is 29.3 Å². The van der Waals surface area contributed by atoms with E-state index in [-0.39, 0.29) is 18.5 Å². The van der Waals surface area contributed by atoms with E-state index in [1.54, 1.807) is 33.9 Å². The molecule has 0 fully saturated rings. The zero-order valence-corrected chi connectivity index (χ0v) is 20.3. The summed E-state index contributed by atoms with van der Waals surface area (Å²) in [6.07, 6.45) is 0.141. The molecule has 14 heteroatoms. The van der Waals surface area contributed by atoms with Crippen molar-refractivity contribution in [1.29, 1.82) is 0 Å². The first-order valence-electron chi connectivity index (χ1n) is 9.05. The van der Waals surface area contributed by atoms with Gasteiger partial charge in [0.1, 0.15) is 0 Å². The van der Waals surface area contributed by atoms with Gasteiger partial charge in [-0.3, -0.25) is 13.9 Å². The molecule has 0 unspecified atom stereocenters. The van der Waals surface area contributed by atoms with Gasteiger partial charge in [-0.05, 0) is 36.7 Å². The Morgan fingerprint density at radius 2 is 1.70 bits per heavy atom. The number of hydrogen-bond acceptors (Lipinski definition) is 5. The zero-order valence-electron chi connectivity index (χ0n) is 17.5.